The van der Waals surface area contributed by atoms with E-state index >= 15 is 0 Å². The zero-order valence-corrected chi connectivity index (χ0v) is 8.74. The van der Waals surface area contributed by atoms with Crippen LogP contribution in [-0.4, -0.2) is 16.8 Å². The average molecular weight is 196 g/mol. The minimum Gasteiger partial charge on any atom is -0.504 e. The molecule has 78 valence electrons. The Morgan fingerprint density at radius 2 is 2.00 bits per heavy atom. The molecule has 14 heavy (non-hydrogen) atoms. The second kappa shape index (κ2) is 3.88. The first-order chi connectivity index (χ1) is 6.46. The van der Waals surface area contributed by atoms with Gasteiger partial charge in [-0.15, -0.1) is 0 Å². The van der Waals surface area contributed by atoms with Crippen molar-refractivity contribution in [2.75, 3.05) is 6.61 Å². The third-order valence-electron chi connectivity index (χ3n) is 1.96. The van der Waals surface area contributed by atoms with Gasteiger partial charge in [-0.25, -0.2) is 0 Å². The van der Waals surface area contributed by atoms with Gasteiger partial charge in [0.25, 0.3) is 0 Å². The maximum Gasteiger partial charge on any atom is 0.163 e. The Morgan fingerprint density at radius 1 is 1.36 bits per heavy atom. The van der Waals surface area contributed by atoms with Crippen LogP contribution in [0.4, 0.5) is 0 Å². The van der Waals surface area contributed by atoms with E-state index in [-0.39, 0.29) is 5.75 Å². The van der Waals surface area contributed by atoms with Crippen LogP contribution in [0.5, 0.6) is 11.5 Å². The molecule has 0 fully saturated rings. The van der Waals surface area contributed by atoms with Gasteiger partial charge in [0.15, 0.2) is 11.5 Å². The summed E-state index contributed by atoms with van der Waals surface area (Å²) in [5, 5.41) is 19.5. The predicted molar refractivity (Wildman–Crippen MR) is 54.5 cm³/mol. The van der Waals surface area contributed by atoms with Gasteiger partial charge in [0, 0.05) is 5.56 Å². The highest BCUT2D eigenvalue weighted by Gasteiger charge is 2.22. The normalized spacial score (nSPS) is 11.4. The Kier molecular flexibility index (Phi) is 3.01. The molecule has 0 aliphatic heterocycles. The molecule has 0 aliphatic carbocycles. The lowest BCUT2D eigenvalue weighted by Gasteiger charge is -2.20. The molecule has 0 atom stereocenters. The lowest BCUT2D eigenvalue weighted by molar-refractivity contribution is 0.0752. The predicted octanol–water partition coefficient (Wildman–Crippen LogP) is 2.02. The standard InChI is InChI=1S/C11H16O3/c1-4-14-9-7-5-6-8(10(9)12)11(2,3)13/h5-7,12-13H,4H2,1-3H3. The number of rotatable bonds is 3. The number of para-hydroxylation sites is 1. The molecule has 0 unspecified atom stereocenters. The number of phenolic OH excluding ortho intramolecular Hbond substituents is 1. The molecule has 3 heteroatoms. The van der Waals surface area contributed by atoms with E-state index in [1.54, 1.807) is 32.0 Å². The summed E-state index contributed by atoms with van der Waals surface area (Å²) < 4.78 is 5.21. The lowest BCUT2D eigenvalue weighted by Crippen LogP contribution is -2.15. The maximum atomic E-state index is 9.77. The Bertz CT molecular complexity index is 313. The Labute approximate surface area is 84.0 Å². The first-order valence-electron chi connectivity index (χ1n) is 4.64. The molecule has 0 heterocycles. The van der Waals surface area contributed by atoms with Gasteiger partial charge in [-0.05, 0) is 26.8 Å². The summed E-state index contributed by atoms with van der Waals surface area (Å²) in [6.07, 6.45) is 0. The van der Waals surface area contributed by atoms with Crippen LogP contribution in [0, 0.1) is 0 Å². The van der Waals surface area contributed by atoms with Crippen molar-refractivity contribution in [3.05, 3.63) is 23.8 Å². The van der Waals surface area contributed by atoms with Crippen LogP contribution in [0.25, 0.3) is 0 Å². The summed E-state index contributed by atoms with van der Waals surface area (Å²) in [7, 11) is 0. The van der Waals surface area contributed by atoms with Gasteiger partial charge in [0.05, 0.1) is 12.2 Å². The minimum atomic E-state index is -1.06. The monoisotopic (exact) mass is 196 g/mol. The molecule has 0 radical (unpaired) electrons. The zero-order valence-electron chi connectivity index (χ0n) is 8.74. The molecule has 1 aromatic carbocycles. The van der Waals surface area contributed by atoms with Crippen LogP contribution in [0.1, 0.15) is 26.3 Å². The summed E-state index contributed by atoms with van der Waals surface area (Å²) in [6.45, 7) is 5.58. The molecule has 0 amide bonds. The van der Waals surface area contributed by atoms with Gasteiger partial charge in [-0.2, -0.15) is 0 Å². The van der Waals surface area contributed by atoms with Crippen LogP contribution in [0.2, 0.25) is 0 Å². The van der Waals surface area contributed by atoms with Crippen molar-refractivity contribution in [3.63, 3.8) is 0 Å². The topological polar surface area (TPSA) is 49.7 Å². The SMILES string of the molecule is CCOc1cccc(C(C)(C)O)c1O. The molecular formula is C11H16O3. The van der Waals surface area contributed by atoms with Crippen molar-refractivity contribution in [1.82, 2.24) is 0 Å². The summed E-state index contributed by atoms with van der Waals surface area (Å²) in [6, 6.07) is 5.10. The Morgan fingerprint density at radius 3 is 2.50 bits per heavy atom. The zero-order chi connectivity index (χ0) is 10.8. The molecule has 2 N–H and O–H groups in total. The highest BCUT2D eigenvalue weighted by Crippen LogP contribution is 2.36. The van der Waals surface area contributed by atoms with Crippen molar-refractivity contribution < 1.29 is 14.9 Å². The minimum absolute atomic E-state index is 0.0156. The second-order valence-corrected chi connectivity index (χ2v) is 3.64. The number of benzene rings is 1. The number of aliphatic hydroxyl groups is 1. The first kappa shape index (κ1) is 10.9. The average Bonchev–Trinajstić information content (AvgIpc) is 2.07. The molecule has 0 aromatic heterocycles. The van der Waals surface area contributed by atoms with Crippen LogP contribution >= 0.6 is 0 Å². The molecule has 0 bridgehead atoms. The fraction of sp³-hybridized carbons (Fsp3) is 0.455. The van der Waals surface area contributed by atoms with Crippen molar-refractivity contribution >= 4 is 0 Å². The number of phenols is 1. The van der Waals surface area contributed by atoms with Gasteiger partial charge in [0.1, 0.15) is 0 Å². The number of hydrogen-bond donors (Lipinski definition) is 2. The highest BCUT2D eigenvalue weighted by molar-refractivity contribution is 5.47. The third kappa shape index (κ3) is 2.17. The maximum absolute atomic E-state index is 9.77. The number of aromatic hydroxyl groups is 1. The summed E-state index contributed by atoms with van der Waals surface area (Å²) in [5.74, 6) is 0.425. The van der Waals surface area contributed by atoms with E-state index in [0.717, 1.165) is 0 Å². The molecule has 0 saturated heterocycles. The smallest absolute Gasteiger partial charge is 0.163 e. The molecule has 3 nitrogen and oxygen atoms in total. The summed E-state index contributed by atoms with van der Waals surface area (Å²) in [4.78, 5) is 0. The second-order valence-electron chi connectivity index (χ2n) is 3.64. The molecular weight excluding hydrogens is 180 g/mol. The van der Waals surface area contributed by atoms with Gasteiger partial charge >= 0.3 is 0 Å². The molecule has 1 aromatic rings. The van der Waals surface area contributed by atoms with E-state index in [1.165, 1.54) is 0 Å². The largest absolute Gasteiger partial charge is 0.504 e. The van der Waals surface area contributed by atoms with Crippen LogP contribution in [0.3, 0.4) is 0 Å². The Balaban J connectivity index is 3.14. The first-order valence-corrected chi connectivity index (χ1v) is 4.64. The fourth-order valence-electron chi connectivity index (χ4n) is 1.29. The van der Waals surface area contributed by atoms with Crippen molar-refractivity contribution in [2.45, 2.75) is 26.4 Å². The van der Waals surface area contributed by atoms with E-state index in [2.05, 4.69) is 0 Å². The summed E-state index contributed by atoms with van der Waals surface area (Å²) in [5.41, 5.74) is -0.583. The van der Waals surface area contributed by atoms with Crippen LogP contribution < -0.4 is 4.74 Å². The third-order valence-corrected chi connectivity index (χ3v) is 1.96. The molecule has 0 spiro atoms. The van der Waals surface area contributed by atoms with Crippen molar-refractivity contribution in [1.29, 1.82) is 0 Å². The molecule has 0 aliphatic rings. The van der Waals surface area contributed by atoms with E-state index in [0.29, 0.717) is 17.9 Å². The van der Waals surface area contributed by atoms with Crippen LogP contribution in [-0.2, 0) is 5.60 Å². The Hall–Kier alpha value is -1.22. The number of ether oxygens (including phenoxy) is 1. The van der Waals surface area contributed by atoms with E-state index in [1.807, 2.05) is 6.92 Å². The highest BCUT2D eigenvalue weighted by atomic mass is 16.5. The van der Waals surface area contributed by atoms with E-state index in [4.69, 9.17) is 4.74 Å². The summed E-state index contributed by atoms with van der Waals surface area (Å²) >= 11 is 0. The van der Waals surface area contributed by atoms with Gasteiger partial charge in [-0.3, -0.25) is 0 Å². The van der Waals surface area contributed by atoms with Gasteiger partial charge < -0.3 is 14.9 Å². The van der Waals surface area contributed by atoms with Crippen LogP contribution in [0.15, 0.2) is 18.2 Å². The lowest BCUT2D eigenvalue weighted by atomic mass is 9.97. The van der Waals surface area contributed by atoms with E-state index in [9.17, 15) is 10.2 Å². The quantitative estimate of drug-likeness (QED) is 0.777. The van der Waals surface area contributed by atoms with E-state index < -0.39 is 5.60 Å². The van der Waals surface area contributed by atoms with Crippen molar-refractivity contribution in [3.8, 4) is 11.5 Å². The fourth-order valence-corrected chi connectivity index (χ4v) is 1.29. The van der Waals surface area contributed by atoms with Crippen molar-refractivity contribution in [2.24, 2.45) is 0 Å². The number of hydrogen-bond acceptors (Lipinski definition) is 3. The molecule has 0 saturated carbocycles. The van der Waals surface area contributed by atoms with Gasteiger partial charge in [-0.1, -0.05) is 12.1 Å². The molecule has 1 rings (SSSR count). The van der Waals surface area contributed by atoms with Gasteiger partial charge in [0.2, 0.25) is 0 Å².